The Labute approximate surface area is 89.9 Å². The van der Waals surface area contributed by atoms with Crippen molar-refractivity contribution in [2.45, 2.75) is 44.6 Å². The highest BCUT2D eigenvalue weighted by atomic mass is 19.1. The van der Waals surface area contributed by atoms with Crippen molar-refractivity contribution < 1.29 is 9.50 Å². The van der Waals surface area contributed by atoms with Crippen molar-refractivity contribution in [3.63, 3.8) is 0 Å². The smallest absolute Gasteiger partial charge is 0.126 e. The van der Waals surface area contributed by atoms with Crippen LogP contribution in [0.4, 0.5) is 4.39 Å². The van der Waals surface area contributed by atoms with E-state index in [1.807, 2.05) is 13.0 Å². The maximum absolute atomic E-state index is 13.6. The molecule has 1 aromatic rings. The lowest BCUT2D eigenvalue weighted by molar-refractivity contribution is 0.119. The molecule has 0 saturated heterocycles. The molecule has 2 heteroatoms. The van der Waals surface area contributed by atoms with Crippen LogP contribution in [0.5, 0.6) is 0 Å². The van der Waals surface area contributed by atoms with E-state index in [0.717, 1.165) is 30.4 Å². The number of hydrogen-bond acceptors (Lipinski definition) is 1. The van der Waals surface area contributed by atoms with Gasteiger partial charge in [-0.2, -0.15) is 0 Å². The Hall–Kier alpha value is -0.890. The zero-order valence-corrected chi connectivity index (χ0v) is 9.04. The fourth-order valence-corrected chi connectivity index (χ4v) is 2.42. The summed E-state index contributed by atoms with van der Waals surface area (Å²) in [6.45, 7) is 1.97. The van der Waals surface area contributed by atoms with Gasteiger partial charge in [0, 0.05) is 0 Å². The fourth-order valence-electron chi connectivity index (χ4n) is 2.42. The molecule has 1 N–H and O–H groups in total. The van der Waals surface area contributed by atoms with E-state index in [-0.39, 0.29) is 17.8 Å². The van der Waals surface area contributed by atoms with Crippen molar-refractivity contribution >= 4 is 0 Å². The first-order chi connectivity index (χ1) is 7.16. The maximum atomic E-state index is 13.6. The fraction of sp³-hybridized carbons (Fsp3) is 0.538. The second-order valence-electron chi connectivity index (χ2n) is 4.54. The van der Waals surface area contributed by atoms with Crippen molar-refractivity contribution in [1.29, 1.82) is 0 Å². The molecule has 0 radical (unpaired) electrons. The minimum absolute atomic E-state index is 0.125. The summed E-state index contributed by atoms with van der Waals surface area (Å²) in [7, 11) is 0. The molecule has 1 nitrogen and oxygen atoms in total. The van der Waals surface area contributed by atoms with Crippen LogP contribution in [0.25, 0.3) is 0 Å². The Morgan fingerprint density at radius 3 is 2.87 bits per heavy atom. The normalized spacial score (nSPS) is 26.6. The third kappa shape index (κ3) is 2.37. The van der Waals surface area contributed by atoms with Crippen LogP contribution < -0.4 is 0 Å². The van der Waals surface area contributed by atoms with Crippen molar-refractivity contribution in [3.05, 3.63) is 35.1 Å². The first-order valence-corrected chi connectivity index (χ1v) is 5.61. The summed E-state index contributed by atoms with van der Waals surface area (Å²) in [6.07, 6.45) is 3.32. The van der Waals surface area contributed by atoms with Crippen molar-refractivity contribution in [2.75, 3.05) is 0 Å². The molecule has 2 atom stereocenters. The number of aryl methyl sites for hydroxylation is 1. The predicted octanol–water partition coefficient (Wildman–Crippen LogP) is 3.15. The Morgan fingerprint density at radius 2 is 2.13 bits per heavy atom. The molecule has 1 aliphatic carbocycles. The maximum Gasteiger partial charge on any atom is 0.126 e. The van der Waals surface area contributed by atoms with Gasteiger partial charge in [0.1, 0.15) is 5.82 Å². The number of aliphatic hydroxyl groups excluding tert-OH is 1. The van der Waals surface area contributed by atoms with Crippen LogP contribution in [0.3, 0.4) is 0 Å². The summed E-state index contributed by atoms with van der Waals surface area (Å²) in [6, 6.07) is 5.24. The lowest BCUT2D eigenvalue weighted by Crippen LogP contribution is -2.19. The number of hydrogen-bond donors (Lipinski definition) is 1. The van der Waals surface area contributed by atoms with Crippen molar-refractivity contribution in [1.82, 2.24) is 0 Å². The zero-order valence-electron chi connectivity index (χ0n) is 9.04. The summed E-state index contributed by atoms with van der Waals surface area (Å²) in [5, 5.41) is 9.58. The van der Waals surface area contributed by atoms with E-state index >= 15 is 0 Å². The highest BCUT2D eigenvalue weighted by molar-refractivity contribution is 5.27. The summed E-state index contributed by atoms with van der Waals surface area (Å²) in [5.41, 5.74) is 1.88. The lowest BCUT2D eigenvalue weighted by Gasteiger charge is -2.26. The topological polar surface area (TPSA) is 20.2 Å². The lowest BCUT2D eigenvalue weighted by atomic mass is 9.82. The van der Waals surface area contributed by atoms with Gasteiger partial charge < -0.3 is 5.11 Å². The van der Waals surface area contributed by atoms with E-state index in [1.54, 1.807) is 6.07 Å². The molecule has 1 saturated carbocycles. The van der Waals surface area contributed by atoms with Gasteiger partial charge in [-0.25, -0.2) is 4.39 Å². The molecule has 1 aromatic carbocycles. The van der Waals surface area contributed by atoms with Gasteiger partial charge in [-0.1, -0.05) is 24.1 Å². The average molecular weight is 208 g/mol. The molecule has 2 unspecified atom stereocenters. The monoisotopic (exact) mass is 208 g/mol. The summed E-state index contributed by atoms with van der Waals surface area (Å²) >= 11 is 0. The Bertz CT molecular complexity index is 348. The quantitative estimate of drug-likeness (QED) is 0.751. The third-order valence-corrected chi connectivity index (χ3v) is 3.24. The molecule has 82 valence electrons. The molecule has 0 heterocycles. The van der Waals surface area contributed by atoms with Gasteiger partial charge in [0.15, 0.2) is 0 Å². The van der Waals surface area contributed by atoms with Crippen LogP contribution in [-0.2, 0) is 0 Å². The molecular weight excluding hydrogens is 191 g/mol. The molecule has 0 spiro atoms. The number of benzene rings is 1. The Balaban J connectivity index is 2.24. The third-order valence-electron chi connectivity index (χ3n) is 3.24. The van der Waals surface area contributed by atoms with E-state index < -0.39 is 0 Å². The van der Waals surface area contributed by atoms with Crippen molar-refractivity contribution in [2.24, 2.45) is 0 Å². The van der Waals surface area contributed by atoms with Crippen molar-refractivity contribution in [3.8, 4) is 0 Å². The van der Waals surface area contributed by atoms with Gasteiger partial charge in [0.05, 0.1) is 6.10 Å². The molecule has 0 aliphatic heterocycles. The highest BCUT2D eigenvalue weighted by Gasteiger charge is 2.23. The van der Waals surface area contributed by atoms with Crippen LogP contribution in [0.2, 0.25) is 0 Å². The SMILES string of the molecule is Cc1ccc(F)c(C2CCCC(O)C2)c1. The highest BCUT2D eigenvalue weighted by Crippen LogP contribution is 2.34. The molecule has 0 amide bonds. The molecule has 1 aliphatic rings. The largest absolute Gasteiger partial charge is 0.393 e. The van der Waals surface area contributed by atoms with Crippen LogP contribution in [0.1, 0.15) is 42.7 Å². The average Bonchev–Trinajstić information content (AvgIpc) is 2.22. The van der Waals surface area contributed by atoms with Crippen LogP contribution in [0, 0.1) is 12.7 Å². The van der Waals surface area contributed by atoms with Gasteiger partial charge in [-0.15, -0.1) is 0 Å². The first kappa shape index (κ1) is 10.6. The Morgan fingerprint density at radius 1 is 1.33 bits per heavy atom. The second-order valence-corrected chi connectivity index (χ2v) is 4.54. The zero-order chi connectivity index (χ0) is 10.8. The molecule has 15 heavy (non-hydrogen) atoms. The molecular formula is C13H17FO. The summed E-state index contributed by atoms with van der Waals surface area (Å²) < 4.78 is 13.6. The molecule has 0 aromatic heterocycles. The van der Waals surface area contributed by atoms with Gasteiger partial charge in [-0.3, -0.25) is 0 Å². The summed E-state index contributed by atoms with van der Waals surface area (Å²) in [4.78, 5) is 0. The number of halogens is 1. The second kappa shape index (κ2) is 4.31. The number of aliphatic hydroxyl groups is 1. The standard InChI is InChI=1S/C13H17FO/c1-9-5-6-13(14)12(7-9)10-3-2-4-11(15)8-10/h5-7,10-11,15H,2-4,8H2,1H3. The van der Waals surface area contributed by atoms with Gasteiger partial charge in [-0.05, 0) is 43.7 Å². The van der Waals surface area contributed by atoms with E-state index in [4.69, 9.17) is 0 Å². The minimum atomic E-state index is -0.247. The summed E-state index contributed by atoms with van der Waals surface area (Å²) in [5.74, 6) is 0.0772. The van der Waals surface area contributed by atoms with Gasteiger partial charge in [0.2, 0.25) is 0 Å². The van der Waals surface area contributed by atoms with Gasteiger partial charge in [0.25, 0.3) is 0 Å². The van der Waals surface area contributed by atoms with E-state index in [1.165, 1.54) is 6.07 Å². The Kier molecular flexibility index (Phi) is 3.06. The molecule has 1 fully saturated rings. The van der Waals surface area contributed by atoms with Gasteiger partial charge >= 0.3 is 0 Å². The van der Waals surface area contributed by atoms with E-state index in [0.29, 0.717) is 6.42 Å². The van der Waals surface area contributed by atoms with E-state index in [2.05, 4.69) is 0 Å². The molecule has 2 rings (SSSR count). The van der Waals surface area contributed by atoms with Crippen LogP contribution >= 0.6 is 0 Å². The van der Waals surface area contributed by atoms with Crippen LogP contribution in [-0.4, -0.2) is 11.2 Å². The molecule has 0 bridgehead atoms. The number of rotatable bonds is 1. The first-order valence-electron chi connectivity index (χ1n) is 5.61. The van der Waals surface area contributed by atoms with E-state index in [9.17, 15) is 9.50 Å². The predicted molar refractivity (Wildman–Crippen MR) is 58.4 cm³/mol. The van der Waals surface area contributed by atoms with Crippen LogP contribution in [0.15, 0.2) is 18.2 Å². The minimum Gasteiger partial charge on any atom is -0.393 e.